The van der Waals surface area contributed by atoms with Gasteiger partial charge in [0.2, 0.25) is 0 Å². The van der Waals surface area contributed by atoms with Crippen LogP contribution in [0.4, 0.5) is 5.69 Å². The molecule has 2 heterocycles. The van der Waals surface area contributed by atoms with Gasteiger partial charge in [0.15, 0.2) is 11.5 Å². The minimum Gasteiger partial charge on any atom is -0.493 e. The van der Waals surface area contributed by atoms with E-state index in [1.54, 1.807) is 12.1 Å². The van der Waals surface area contributed by atoms with Crippen molar-refractivity contribution in [1.82, 2.24) is 4.98 Å². The number of ketones is 1. The lowest BCUT2D eigenvalue weighted by atomic mass is 10.00. The van der Waals surface area contributed by atoms with E-state index in [2.05, 4.69) is 10.3 Å². The van der Waals surface area contributed by atoms with E-state index >= 15 is 0 Å². The van der Waals surface area contributed by atoms with Gasteiger partial charge >= 0.3 is 0 Å². The molecule has 96 valence electrons. The molecule has 0 saturated heterocycles. The fraction of sp³-hybridized carbons (Fsp3) is 0.154. The molecule has 19 heavy (non-hydrogen) atoms. The number of aromatic nitrogens is 1. The minimum absolute atomic E-state index is 0.136. The molecule has 0 unspecified atom stereocenters. The number of pyridine rings is 1. The van der Waals surface area contributed by atoms with Gasteiger partial charge < -0.3 is 14.8 Å². The Kier molecular flexibility index (Phi) is 2.38. The highest BCUT2D eigenvalue weighted by molar-refractivity contribution is 6.51. The summed E-state index contributed by atoms with van der Waals surface area (Å²) in [6.07, 6.45) is 1.49. The number of benzene rings is 1. The number of carbonyl (C=O) groups excluding carboxylic acids is 2. The molecule has 0 atom stereocenters. The highest BCUT2D eigenvalue weighted by atomic mass is 16.5. The van der Waals surface area contributed by atoms with Gasteiger partial charge in [-0.05, 0) is 17.5 Å². The number of rotatable bonds is 2. The second-order valence-electron chi connectivity index (χ2n) is 4.03. The summed E-state index contributed by atoms with van der Waals surface area (Å²) in [6.45, 7) is 0. The van der Waals surface area contributed by atoms with Gasteiger partial charge in [0, 0.05) is 11.6 Å². The molecule has 0 saturated carbocycles. The Labute approximate surface area is 108 Å². The topological polar surface area (TPSA) is 77.5 Å². The molecule has 1 N–H and O–H groups in total. The second-order valence-corrected chi connectivity index (χ2v) is 4.03. The van der Waals surface area contributed by atoms with Gasteiger partial charge in [0.05, 0.1) is 19.9 Å². The zero-order valence-electron chi connectivity index (χ0n) is 10.3. The summed E-state index contributed by atoms with van der Waals surface area (Å²) in [4.78, 5) is 27.5. The summed E-state index contributed by atoms with van der Waals surface area (Å²) in [5.41, 5.74) is 0.557. The Morgan fingerprint density at radius 2 is 2.00 bits per heavy atom. The average Bonchev–Trinajstić information content (AvgIpc) is 2.43. The second kappa shape index (κ2) is 3.94. The van der Waals surface area contributed by atoms with Crippen LogP contribution in [0, 0.1) is 0 Å². The number of methoxy groups -OCH3 is 2. The zero-order chi connectivity index (χ0) is 13.6. The highest BCUT2D eigenvalue weighted by Gasteiger charge is 2.31. The molecule has 0 spiro atoms. The van der Waals surface area contributed by atoms with Gasteiger partial charge in [-0.25, -0.2) is 0 Å². The smallest absolute Gasteiger partial charge is 0.298 e. The van der Waals surface area contributed by atoms with E-state index in [1.807, 2.05) is 0 Å². The number of nitrogens with zero attached hydrogens (tertiary/aromatic N) is 1. The van der Waals surface area contributed by atoms with Crippen LogP contribution in [0.25, 0.3) is 10.8 Å². The first kappa shape index (κ1) is 11.5. The van der Waals surface area contributed by atoms with Gasteiger partial charge in [-0.1, -0.05) is 0 Å². The normalized spacial score (nSPS) is 13.4. The number of hydrogen-bond donors (Lipinski definition) is 1. The van der Waals surface area contributed by atoms with E-state index in [4.69, 9.17) is 9.47 Å². The summed E-state index contributed by atoms with van der Waals surface area (Å²) in [6, 6.07) is 3.49. The van der Waals surface area contributed by atoms with Crippen molar-refractivity contribution in [3.63, 3.8) is 0 Å². The molecule has 0 radical (unpaired) electrons. The van der Waals surface area contributed by atoms with Crippen molar-refractivity contribution >= 4 is 28.2 Å². The zero-order valence-corrected chi connectivity index (χ0v) is 10.3. The predicted molar refractivity (Wildman–Crippen MR) is 67.8 cm³/mol. The molecule has 6 heteroatoms. The van der Waals surface area contributed by atoms with Crippen molar-refractivity contribution in [2.45, 2.75) is 0 Å². The molecule has 1 aromatic heterocycles. The molecule has 1 aromatic carbocycles. The summed E-state index contributed by atoms with van der Waals surface area (Å²) in [5.74, 6) is -0.508. The quantitative estimate of drug-likeness (QED) is 0.823. The van der Waals surface area contributed by atoms with Crippen molar-refractivity contribution < 1.29 is 19.1 Å². The van der Waals surface area contributed by atoms with Crippen LogP contribution in [0.2, 0.25) is 0 Å². The van der Waals surface area contributed by atoms with Crippen molar-refractivity contribution in [3.8, 4) is 11.5 Å². The maximum Gasteiger partial charge on any atom is 0.298 e. The third-order valence-electron chi connectivity index (χ3n) is 3.05. The van der Waals surface area contributed by atoms with E-state index in [9.17, 15) is 9.59 Å². The summed E-state index contributed by atoms with van der Waals surface area (Å²) in [7, 11) is 2.98. The van der Waals surface area contributed by atoms with Crippen LogP contribution in [-0.2, 0) is 4.79 Å². The largest absolute Gasteiger partial charge is 0.493 e. The number of carbonyl (C=O) groups is 2. The van der Waals surface area contributed by atoms with E-state index in [0.29, 0.717) is 22.6 Å². The first-order valence-corrected chi connectivity index (χ1v) is 5.56. The molecular formula is C13H10N2O4. The van der Waals surface area contributed by atoms with E-state index < -0.39 is 11.7 Å². The summed E-state index contributed by atoms with van der Waals surface area (Å²) >= 11 is 0. The van der Waals surface area contributed by atoms with Crippen molar-refractivity contribution in [1.29, 1.82) is 0 Å². The van der Waals surface area contributed by atoms with Crippen molar-refractivity contribution in [2.75, 3.05) is 19.5 Å². The van der Waals surface area contributed by atoms with E-state index in [-0.39, 0.29) is 5.69 Å². The molecule has 0 fully saturated rings. The van der Waals surface area contributed by atoms with Crippen LogP contribution >= 0.6 is 0 Å². The van der Waals surface area contributed by atoms with Gasteiger partial charge in [-0.2, -0.15) is 0 Å². The summed E-state index contributed by atoms with van der Waals surface area (Å²) in [5, 5.41) is 3.86. The van der Waals surface area contributed by atoms with Gasteiger partial charge in [-0.3, -0.25) is 14.6 Å². The Morgan fingerprint density at radius 3 is 2.68 bits per heavy atom. The predicted octanol–water partition coefficient (Wildman–Crippen LogP) is 1.39. The molecule has 0 aliphatic carbocycles. The summed E-state index contributed by atoms with van der Waals surface area (Å²) < 4.78 is 10.5. The standard InChI is InChI=1S/C13H10N2O4/c1-18-7-5-6-3-4-14-9-8(6)10(12(7)19-2)15-13(17)11(9)16/h3-5H,1-2H3,(H,15,17). The molecule has 2 aromatic rings. The molecule has 1 aliphatic rings. The lowest BCUT2D eigenvalue weighted by Gasteiger charge is -2.20. The number of amides is 1. The highest BCUT2D eigenvalue weighted by Crippen LogP contribution is 2.44. The first-order valence-electron chi connectivity index (χ1n) is 5.56. The number of anilines is 1. The van der Waals surface area contributed by atoms with Gasteiger partial charge in [-0.15, -0.1) is 0 Å². The molecule has 0 bridgehead atoms. The van der Waals surface area contributed by atoms with Crippen LogP contribution in [-0.4, -0.2) is 30.9 Å². The third-order valence-corrected chi connectivity index (χ3v) is 3.05. The van der Waals surface area contributed by atoms with Crippen molar-refractivity contribution in [3.05, 3.63) is 24.0 Å². The fourth-order valence-electron chi connectivity index (χ4n) is 2.23. The SMILES string of the molecule is COc1cc2ccnc3c2c(c1OC)NC(=O)C3=O. The molecular weight excluding hydrogens is 248 g/mol. The van der Waals surface area contributed by atoms with Crippen LogP contribution < -0.4 is 14.8 Å². The number of ether oxygens (including phenoxy) is 2. The van der Waals surface area contributed by atoms with Crippen LogP contribution in [0.3, 0.4) is 0 Å². The third kappa shape index (κ3) is 1.46. The molecule has 3 rings (SSSR count). The Bertz CT molecular complexity index is 724. The maximum absolute atomic E-state index is 11.8. The van der Waals surface area contributed by atoms with Crippen LogP contribution in [0.5, 0.6) is 11.5 Å². The monoisotopic (exact) mass is 258 g/mol. The van der Waals surface area contributed by atoms with Crippen molar-refractivity contribution in [2.24, 2.45) is 0 Å². The Morgan fingerprint density at radius 1 is 1.21 bits per heavy atom. The fourth-order valence-corrected chi connectivity index (χ4v) is 2.23. The Balaban J connectivity index is 2.48. The van der Waals surface area contributed by atoms with Gasteiger partial charge in [0.1, 0.15) is 5.69 Å². The minimum atomic E-state index is -0.723. The molecule has 1 aliphatic heterocycles. The van der Waals surface area contributed by atoms with Crippen LogP contribution in [0.1, 0.15) is 10.5 Å². The maximum atomic E-state index is 11.8. The Hall–Kier alpha value is -2.63. The van der Waals surface area contributed by atoms with E-state index in [0.717, 1.165) is 5.39 Å². The van der Waals surface area contributed by atoms with E-state index in [1.165, 1.54) is 20.4 Å². The van der Waals surface area contributed by atoms with Gasteiger partial charge in [0.25, 0.3) is 11.7 Å². The molecule has 1 amide bonds. The number of nitrogens with one attached hydrogen (secondary N) is 1. The lowest BCUT2D eigenvalue weighted by molar-refractivity contribution is -0.112. The molecule has 6 nitrogen and oxygen atoms in total. The average molecular weight is 258 g/mol. The number of Topliss-reactive ketones (excluding diaryl/α,β-unsaturated/α-hetero) is 1. The van der Waals surface area contributed by atoms with Crippen LogP contribution in [0.15, 0.2) is 18.3 Å². The lowest BCUT2D eigenvalue weighted by Crippen LogP contribution is -2.28. The number of hydrogen-bond acceptors (Lipinski definition) is 5. The first-order chi connectivity index (χ1) is 9.17.